The summed E-state index contributed by atoms with van der Waals surface area (Å²) in [4.78, 5) is 12.7. The Bertz CT molecular complexity index is 1330. The number of halogens is 2. The molecule has 1 saturated carbocycles. The number of anilines is 2. The van der Waals surface area contributed by atoms with E-state index in [-0.39, 0.29) is 11.4 Å². The molecule has 2 aromatic heterocycles. The van der Waals surface area contributed by atoms with Crippen LogP contribution in [-0.4, -0.2) is 49.0 Å². The number of hydrogen-bond acceptors (Lipinski definition) is 8. The Balaban J connectivity index is 0.000000846. The number of aromatic nitrogens is 2. The Kier molecular flexibility index (Phi) is 6.92. The zero-order valence-electron chi connectivity index (χ0n) is 18.5. The first kappa shape index (κ1) is 23.8. The summed E-state index contributed by atoms with van der Waals surface area (Å²) >= 11 is 0. The molecule has 2 aliphatic rings. The van der Waals surface area contributed by atoms with Crippen molar-refractivity contribution < 1.29 is 21.9 Å². The number of benzene rings is 1. The highest BCUT2D eigenvalue weighted by molar-refractivity contribution is 7.92. The lowest BCUT2D eigenvalue weighted by molar-refractivity contribution is 0.414. The highest BCUT2D eigenvalue weighted by atomic mass is 32.2. The van der Waals surface area contributed by atoms with Crippen LogP contribution in [0.3, 0.4) is 0 Å². The molecule has 3 aromatic rings. The van der Waals surface area contributed by atoms with Crippen LogP contribution in [0.15, 0.2) is 47.7 Å². The third-order valence-corrected chi connectivity index (χ3v) is 7.39. The molecule has 11 heteroatoms. The molecule has 180 valence electrons. The third-order valence-electron chi connectivity index (χ3n) is 5.38. The summed E-state index contributed by atoms with van der Waals surface area (Å²) in [5.74, 6) is -0.514. The average molecular weight is 490 g/mol. The van der Waals surface area contributed by atoms with Crippen LogP contribution in [0.25, 0.3) is 10.9 Å². The minimum Gasteiger partial charge on any atom is -0.495 e. The number of nitrogens with zero attached hydrogens (tertiary/aromatic N) is 3. The van der Waals surface area contributed by atoms with Crippen molar-refractivity contribution in [1.29, 1.82) is 0 Å². The van der Waals surface area contributed by atoms with Gasteiger partial charge in [-0.15, -0.1) is 0 Å². The van der Waals surface area contributed by atoms with Gasteiger partial charge in [-0.25, -0.2) is 27.2 Å². The molecule has 1 aromatic carbocycles. The van der Waals surface area contributed by atoms with Crippen molar-refractivity contribution >= 4 is 38.1 Å². The molecule has 3 heterocycles. The lowest BCUT2D eigenvalue weighted by Crippen LogP contribution is -2.44. The van der Waals surface area contributed by atoms with Crippen LogP contribution in [0.4, 0.5) is 20.3 Å². The van der Waals surface area contributed by atoms with Gasteiger partial charge in [0.2, 0.25) is 0 Å². The molecule has 0 spiro atoms. The molecule has 8 nitrogen and oxygen atoms in total. The van der Waals surface area contributed by atoms with E-state index < -0.39 is 39.4 Å². The summed E-state index contributed by atoms with van der Waals surface area (Å²) in [7, 11) is -2.35. The van der Waals surface area contributed by atoms with Gasteiger partial charge in [-0.1, -0.05) is 19.3 Å². The van der Waals surface area contributed by atoms with Crippen molar-refractivity contribution in [2.75, 3.05) is 24.9 Å². The highest BCUT2D eigenvalue weighted by Gasteiger charge is 2.37. The molecule has 5 rings (SSSR count). The molecule has 0 amide bonds. The van der Waals surface area contributed by atoms with Crippen molar-refractivity contribution in [3.05, 3.63) is 54.1 Å². The van der Waals surface area contributed by atoms with Crippen molar-refractivity contribution in [1.82, 2.24) is 9.97 Å². The minimum atomic E-state index is -3.90. The average Bonchev–Trinajstić information content (AvgIpc) is 3.69. The number of aliphatic imine (C=N–C) groups is 1. The van der Waals surface area contributed by atoms with E-state index in [1.54, 1.807) is 31.6 Å². The number of nitrogens with one attached hydrogen (secondary N) is 1. The predicted octanol–water partition coefficient (Wildman–Crippen LogP) is 3.86. The van der Waals surface area contributed by atoms with E-state index in [9.17, 15) is 17.2 Å². The molecule has 2 atom stereocenters. The van der Waals surface area contributed by atoms with Crippen molar-refractivity contribution in [2.45, 2.75) is 30.6 Å². The summed E-state index contributed by atoms with van der Waals surface area (Å²) in [6.45, 7) is -1.17. The molecule has 0 bridgehead atoms. The monoisotopic (exact) mass is 489 g/mol. The van der Waals surface area contributed by atoms with E-state index in [0.717, 1.165) is 5.39 Å². The summed E-state index contributed by atoms with van der Waals surface area (Å²) in [6, 6.07) is 6.62. The molecule has 0 radical (unpaired) electrons. The Morgan fingerprint density at radius 3 is 2.59 bits per heavy atom. The van der Waals surface area contributed by atoms with Gasteiger partial charge in [0.25, 0.3) is 0 Å². The second-order valence-electron chi connectivity index (χ2n) is 8.07. The van der Waals surface area contributed by atoms with E-state index in [0.29, 0.717) is 22.8 Å². The quantitative estimate of drug-likeness (QED) is 0.558. The minimum absolute atomic E-state index is 0.0312. The molecule has 3 N–H and O–H groups in total. The number of ether oxygens (including phenoxy) is 1. The van der Waals surface area contributed by atoms with E-state index >= 15 is 0 Å². The molecule has 34 heavy (non-hydrogen) atoms. The fourth-order valence-electron chi connectivity index (χ4n) is 3.41. The zero-order valence-corrected chi connectivity index (χ0v) is 19.4. The van der Waals surface area contributed by atoms with Gasteiger partial charge in [-0.05, 0) is 30.3 Å². The van der Waals surface area contributed by atoms with Crippen LogP contribution in [0.1, 0.15) is 30.9 Å². The molecule has 1 aliphatic heterocycles. The first-order chi connectivity index (χ1) is 16.3. The normalized spacial score (nSPS) is 20.6. The number of methoxy groups -OCH3 is 1. The number of sulfone groups is 1. The standard InChI is InChI=1S/C20H19F2N5O3S.C3H6/c1-30-13-6-11-4-5-24-20(18(11)25-9-13)26-12-2-3-15(22)14(7-12)16-10-31(28,29)17(8-21)19(23)27-16;1-2-3-1/h2-7,9,16-17H,8,10H2,1H3,(H2,23,27)(H,24,26);1-3H2. The fraction of sp³-hybridized carbons (Fsp3) is 0.348. The summed E-state index contributed by atoms with van der Waals surface area (Å²) in [5.41, 5.74) is 6.71. The lowest BCUT2D eigenvalue weighted by atomic mass is 10.1. The SMILES string of the molecule is C1CC1.COc1cnc2c(Nc3ccc(F)c(C4CS(=O)(=O)C(CF)C(N)=N4)c3)nccc2c1. The number of pyridine rings is 2. The number of rotatable bonds is 5. The maximum Gasteiger partial charge on any atom is 0.165 e. The summed E-state index contributed by atoms with van der Waals surface area (Å²) in [6.07, 6.45) is 7.64. The lowest BCUT2D eigenvalue weighted by Gasteiger charge is -2.25. The summed E-state index contributed by atoms with van der Waals surface area (Å²) < 4.78 is 57.4. The number of fused-ring (bicyclic) bond motifs is 1. The molecule has 2 unspecified atom stereocenters. The van der Waals surface area contributed by atoms with E-state index in [2.05, 4.69) is 20.3 Å². The Morgan fingerprint density at radius 2 is 1.94 bits per heavy atom. The van der Waals surface area contributed by atoms with Crippen LogP contribution in [0, 0.1) is 5.82 Å². The van der Waals surface area contributed by atoms with Gasteiger partial charge in [0.1, 0.15) is 34.8 Å². The molecule has 1 aliphatic carbocycles. The van der Waals surface area contributed by atoms with Gasteiger partial charge in [0, 0.05) is 22.8 Å². The Morgan fingerprint density at radius 1 is 1.18 bits per heavy atom. The largest absolute Gasteiger partial charge is 0.495 e. The second-order valence-corrected chi connectivity index (χ2v) is 10.3. The topological polar surface area (TPSA) is 120 Å². The Hall–Kier alpha value is -3.34. The number of hydrogen-bond donors (Lipinski definition) is 2. The Labute approximate surface area is 196 Å². The third kappa shape index (κ3) is 5.24. The van der Waals surface area contributed by atoms with Gasteiger partial charge in [-0.2, -0.15) is 0 Å². The van der Waals surface area contributed by atoms with Crippen LogP contribution >= 0.6 is 0 Å². The van der Waals surface area contributed by atoms with Gasteiger partial charge in [0.15, 0.2) is 15.7 Å². The molecule has 0 saturated heterocycles. The predicted molar refractivity (Wildman–Crippen MR) is 128 cm³/mol. The first-order valence-electron chi connectivity index (χ1n) is 10.8. The molecular weight excluding hydrogens is 464 g/mol. The van der Waals surface area contributed by atoms with Gasteiger partial charge in [-0.3, -0.25) is 4.99 Å². The smallest absolute Gasteiger partial charge is 0.165 e. The van der Waals surface area contributed by atoms with Crippen molar-refractivity contribution in [2.24, 2.45) is 10.7 Å². The number of amidine groups is 1. The fourth-order valence-corrected chi connectivity index (χ4v) is 4.96. The maximum absolute atomic E-state index is 14.5. The molecular formula is C23H25F2N5O3S. The first-order valence-corrected chi connectivity index (χ1v) is 12.5. The number of alkyl halides is 1. The van der Waals surface area contributed by atoms with Gasteiger partial charge < -0.3 is 15.8 Å². The number of nitrogens with two attached hydrogens (primary N) is 1. The van der Waals surface area contributed by atoms with Crippen molar-refractivity contribution in [3.63, 3.8) is 0 Å². The van der Waals surface area contributed by atoms with E-state index in [1.807, 2.05) is 0 Å². The van der Waals surface area contributed by atoms with Crippen molar-refractivity contribution in [3.8, 4) is 5.75 Å². The van der Waals surface area contributed by atoms with Crippen LogP contribution in [-0.2, 0) is 9.84 Å². The van der Waals surface area contributed by atoms with E-state index in [1.165, 1.54) is 37.5 Å². The highest BCUT2D eigenvalue weighted by Crippen LogP contribution is 2.32. The van der Waals surface area contributed by atoms with Gasteiger partial charge in [0.05, 0.1) is 25.1 Å². The molecule has 1 fully saturated rings. The van der Waals surface area contributed by atoms with Gasteiger partial charge >= 0.3 is 0 Å². The van der Waals surface area contributed by atoms with Crippen LogP contribution in [0.2, 0.25) is 0 Å². The summed E-state index contributed by atoms with van der Waals surface area (Å²) in [5, 5.41) is 2.37. The maximum atomic E-state index is 14.5. The van der Waals surface area contributed by atoms with E-state index in [4.69, 9.17) is 10.5 Å². The zero-order chi connectivity index (χ0) is 24.3. The van der Waals surface area contributed by atoms with Crippen LogP contribution in [0.5, 0.6) is 5.75 Å². The second kappa shape index (κ2) is 9.88. The van der Waals surface area contributed by atoms with Crippen LogP contribution < -0.4 is 15.8 Å².